The minimum atomic E-state index is 0.00846. The van der Waals surface area contributed by atoms with Crippen LogP contribution in [-0.2, 0) is 16.1 Å². The van der Waals surface area contributed by atoms with Gasteiger partial charge in [-0.3, -0.25) is 4.79 Å². The van der Waals surface area contributed by atoms with Crippen molar-refractivity contribution in [3.8, 4) is 0 Å². The summed E-state index contributed by atoms with van der Waals surface area (Å²) < 4.78 is 5.51. The number of carbonyl (C=O) groups is 1. The van der Waals surface area contributed by atoms with Crippen molar-refractivity contribution in [2.75, 3.05) is 26.7 Å². The highest BCUT2D eigenvalue weighted by Crippen LogP contribution is 2.08. The highest BCUT2D eigenvalue weighted by molar-refractivity contribution is 7.07. The summed E-state index contributed by atoms with van der Waals surface area (Å²) in [6, 6.07) is 0. The topological polar surface area (TPSA) is 54.5 Å². The fraction of sp³-hybridized carbons (Fsp3) is 0.636. The van der Waals surface area contributed by atoms with Crippen LogP contribution in [0, 0.1) is 0 Å². The van der Waals surface area contributed by atoms with Crippen LogP contribution in [0.3, 0.4) is 0 Å². The van der Waals surface area contributed by atoms with Gasteiger partial charge in [0.2, 0.25) is 5.91 Å². The van der Waals surface area contributed by atoms with Crippen LogP contribution in [-0.4, -0.2) is 48.6 Å². The van der Waals surface area contributed by atoms with Gasteiger partial charge in [0.25, 0.3) is 0 Å². The van der Waals surface area contributed by atoms with Gasteiger partial charge in [0.1, 0.15) is 0 Å². The van der Waals surface area contributed by atoms with Gasteiger partial charge in [0, 0.05) is 25.5 Å². The molecule has 2 rings (SSSR count). The summed E-state index contributed by atoms with van der Waals surface area (Å²) >= 11 is 1.55. The van der Waals surface area contributed by atoms with Gasteiger partial charge in [-0.25, -0.2) is 4.98 Å². The molecule has 0 radical (unpaired) electrons. The van der Waals surface area contributed by atoms with Crippen molar-refractivity contribution in [3.05, 3.63) is 16.6 Å². The smallest absolute Gasteiger partial charge is 0.225 e. The summed E-state index contributed by atoms with van der Waals surface area (Å²) in [6.07, 6.45) is 0.447. The fourth-order valence-electron chi connectivity index (χ4n) is 1.75. The van der Waals surface area contributed by atoms with Crippen molar-refractivity contribution in [3.63, 3.8) is 0 Å². The Hall–Kier alpha value is -0.980. The summed E-state index contributed by atoms with van der Waals surface area (Å²) in [5.74, 6) is 0.103. The Morgan fingerprint density at radius 2 is 2.65 bits per heavy atom. The van der Waals surface area contributed by atoms with E-state index in [-0.39, 0.29) is 12.0 Å². The van der Waals surface area contributed by atoms with E-state index < -0.39 is 0 Å². The fourth-order valence-corrected chi connectivity index (χ4v) is 2.30. The number of carbonyl (C=O) groups excluding carboxylic acids is 1. The molecule has 0 aliphatic carbocycles. The minimum absolute atomic E-state index is 0.00846. The van der Waals surface area contributed by atoms with E-state index in [9.17, 15) is 4.79 Å². The molecule has 1 N–H and O–H groups in total. The van der Waals surface area contributed by atoms with Crippen LogP contribution >= 0.6 is 11.3 Å². The van der Waals surface area contributed by atoms with Crippen LogP contribution in [0.4, 0.5) is 0 Å². The van der Waals surface area contributed by atoms with Crippen LogP contribution in [0.25, 0.3) is 0 Å². The maximum absolute atomic E-state index is 11.9. The maximum atomic E-state index is 11.9. The third-order valence-corrected chi connectivity index (χ3v) is 3.35. The van der Waals surface area contributed by atoms with Crippen LogP contribution in [0.1, 0.15) is 12.1 Å². The lowest BCUT2D eigenvalue weighted by Crippen LogP contribution is -2.41. The number of nitrogens with zero attached hydrogens (tertiary/aromatic N) is 2. The first-order valence-corrected chi connectivity index (χ1v) is 6.63. The van der Waals surface area contributed by atoms with Crippen LogP contribution < -0.4 is 5.32 Å². The number of ether oxygens (including phenoxy) is 1. The normalized spacial score (nSPS) is 20.2. The van der Waals surface area contributed by atoms with E-state index in [1.807, 2.05) is 5.38 Å². The van der Waals surface area contributed by atoms with Crippen LogP contribution in [0.15, 0.2) is 10.9 Å². The quantitative estimate of drug-likeness (QED) is 0.850. The van der Waals surface area contributed by atoms with Crippen LogP contribution in [0.5, 0.6) is 0 Å². The standard InChI is InChI=1S/C11H17N3O2S/c1-14(6-9-7-17-8-13-9)11(15)4-10-5-12-2-3-16-10/h7-8,10,12H,2-6H2,1H3. The van der Waals surface area contributed by atoms with Crippen molar-refractivity contribution in [2.24, 2.45) is 0 Å². The Balaban J connectivity index is 1.78. The summed E-state index contributed by atoms with van der Waals surface area (Å²) in [6.45, 7) is 2.89. The summed E-state index contributed by atoms with van der Waals surface area (Å²) in [4.78, 5) is 17.8. The van der Waals surface area contributed by atoms with E-state index in [0.717, 1.165) is 18.8 Å². The van der Waals surface area contributed by atoms with E-state index in [0.29, 0.717) is 19.6 Å². The van der Waals surface area contributed by atoms with Gasteiger partial charge in [-0.1, -0.05) is 0 Å². The zero-order valence-corrected chi connectivity index (χ0v) is 10.7. The predicted molar refractivity (Wildman–Crippen MR) is 65.8 cm³/mol. The van der Waals surface area contributed by atoms with Crippen molar-refractivity contribution in [1.29, 1.82) is 0 Å². The molecule has 1 atom stereocenters. The Morgan fingerprint density at radius 3 is 3.29 bits per heavy atom. The second-order valence-corrected chi connectivity index (χ2v) is 4.85. The average molecular weight is 255 g/mol. The number of aromatic nitrogens is 1. The number of morpholine rings is 1. The molecule has 5 nitrogen and oxygen atoms in total. The summed E-state index contributed by atoms with van der Waals surface area (Å²) in [5.41, 5.74) is 2.72. The number of rotatable bonds is 4. The lowest BCUT2D eigenvalue weighted by Gasteiger charge is -2.25. The second kappa shape index (κ2) is 6.09. The molecular formula is C11H17N3O2S. The SMILES string of the molecule is CN(Cc1cscn1)C(=O)CC1CNCCO1. The Kier molecular flexibility index (Phi) is 4.47. The zero-order chi connectivity index (χ0) is 12.1. The molecule has 1 saturated heterocycles. The lowest BCUT2D eigenvalue weighted by atomic mass is 10.2. The number of hydrogen-bond acceptors (Lipinski definition) is 5. The molecule has 0 saturated carbocycles. The molecule has 1 aliphatic rings. The van der Waals surface area contributed by atoms with Gasteiger partial charge >= 0.3 is 0 Å². The van der Waals surface area contributed by atoms with Crippen molar-refractivity contribution < 1.29 is 9.53 Å². The van der Waals surface area contributed by atoms with Crippen molar-refractivity contribution in [2.45, 2.75) is 19.1 Å². The van der Waals surface area contributed by atoms with E-state index in [1.165, 1.54) is 0 Å². The van der Waals surface area contributed by atoms with E-state index in [4.69, 9.17) is 4.74 Å². The molecule has 0 spiro atoms. The van der Waals surface area contributed by atoms with Gasteiger partial charge in [-0.15, -0.1) is 11.3 Å². The Labute approximate surface area is 105 Å². The molecule has 1 fully saturated rings. The molecule has 0 aromatic carbocycles. The predicted octanol–water partition coefficient (Wildman–Crippen LogP) is 0.480. The molecule has 17 heavy (non-hydrogen) atoms. The summed E-state index contributed by atoms with van der Waals surface area (Å²) in [7, 11) is 1.80. The molecule has 1 amide bonds. The first kappa shape index (κ1) is 12.5. The molecule has 94 valence electrons. The molecule has 0 bridgehead atoms. The van der Waals surface area contributed by atoms with E-state index >= 15 is 0 Å². The first-order valence-electron chi connectivity index (χ1n) is 5.69. The molecule has 6 heteroatoms. The highest BCUT2D eigenvalue weighted by Gasteiger charge is 2.19. The Bertz CT molecular complexity index is 350. The maximum Gasteiger partial charge on any atom is 0.225 e. The second-order valence-electron chi connectivity index (χ2n) is 4.13. The molecular weight excluding hydrogens is 238 g/mol. The summed E-state index contributed by atoms with van der Waals surface area (Å²) in [5, 5.41) is 5.18. The van der Waals surface area contributed by atoms with Gasteiger partial charge in [0.15, 0.2) is 0 Å². The molecule has 2 heterocycles. The van der Waals surface area contributed by atoms with Crippen molar-refractivity contribution in [1.82, 2.24) is 15.2 Å². The third kappa shape index (κ3) is 3.76. The van der Waals surface area contributed by atoms with Crippen molar-refractivity contribution >= 4 is 17.2 Å². The average Bonchev–Trinajstić information content (AvgIpc) is 2.83. The monoisotopic (exact) mass is 255 g/mol. The third-order valence-electron chi connectivity index (χ3n) is 2.72. The minimum Gasteiger partial charge on any atom is -0.375 e. The molecule has 1 aromatic rings. The molecule has 1 aromatic heterocycles. The van der Waals surface area contributed by atoms with Gasteiger partial charge in [-0.2, -0.15) is 0 Å². The van der Waals surface area contributed by atoms with Crippen LogP contribution in [0.2, 0.25) is 0 Å². The first-order chi connectivity index (χ1) is 8.25. The molecule has 1 unspecified atom stereocenters. The largest absolute Gasteiger partial charge is 0.375 e. The number of thiazole rings is 1. The Morgan fingerprint density at radius 1 is 1.76 bits per heavy atom. The van der Waals surface area contributed by atoms with Gasteiger partial charge in [0.05, 0.1) is 36.9 Å². The number of amides is 1. The lowest BCUT2D eigenvalue weighted by molar-refractivity contribution is -0.134. The molecule has 1 aliphatic heterocycles. The van der Waals surface area contributed by atoms with Gasteiger partial charge in [-0.05, 0) is 0 Å². The van der Waals surface area contributed by atoms with E-state index in [1.54, 1.807) is 28.8 Å². The number of nitrogens with one attached hydrogen (secondary N) is 1. The van der Waals surface area contributed by atoms with E-state index in [2.05, 4.69) is 10.3 Å². The number of hydrogen-bond donors (Lipinski definition) is 1. The highest BCUT2D eigenvalue weighted by atomic mass is 32.1. The zero-order valence-electron chi connectivity index (χ0n) is 9.89. The van der Waals surface area contributed by atoms with Gasteiger partial charge < -0.3 is 15.0 Å².